The molecule has 1 unspecified atom stereocenters. The topological polar surface area (TPSA) is 41.1 Å². The Balaban J connectivity index is 1.53. The van der Waals surface area contributed by atoms with Crippen LogP contribution in [0.1, 0.15) is 57.8 Å². The number of rotatable bonds is 3. The largest absolute Gasteiger partial charge is 0.339 e. The van der Waals surface area contributed by atoms with Crippen molar-refractivity contribution in [2.24, 2.45) is 0 Å². The van der Waals surface area contributed by atoms with Crippen molar-refractivity contribution in [1.82, 2.24) is 15.3 Å². The summed E-state index contributed by atoms with van der Waals surface area (Å²) in [5, 5.41) is 3.93. The molecule has 116 valence electrons. The Morgan fingerprint density at radius 2 is 1.52 bits per heavy atom. The first-order valence-corrected chi connectivity index (χ1v) is 8.70. The molecule has 21 heavy (non-hydrogen) atoms. The van der Waals surface area contributed by atoms with E-state index in [4.69, 9.17) is 0 Å². The summed E-state index contributed by atoms with van der Waals surface area (Å²) in [6, 6.07) is 3.22. The van der Waals surface area contributed by atoms with Gasteiger partial charge in [-0.05, 0) is 31.7 Å². The van der Waals surface area contributed by atoms with Gasteiger partial charge in [0.2, 0.25) is 5.95 Å². The Hall–Kier alpha value is -1.16. The zero-order valence-electron chi connectivity index (χ0n) is 13.0. The fraction of sp³-hybridized carbons (Fsp3) is 0.765. The standard InChI is InChI=1S/C17H28N4/c1-2-4-8-15(9-5-3-1)20-16-10-6-13-21(14-16)17-18-11-7-12-19-17/h7,11-12,15-16,20H,1-6,8-10,13-14H2. The third kappa shape index (κ3) is 4.40. The van der Waals surface area contributed by atoms with Crippen molar-refractivity contribution in [2.75, 3.05) is 18.0 Å². The molecule has 2 fully saturated rings. The highest BCUT2D eigenvalue weighted by Crippen LogP contribution is 2.20. The average molecular weight is 288 g/mol. The molecule has 2 heterocycles. The minimum atomic E-state index is 0.604. The molecule has 2 aliphatic rings. The van der Waals surface area contributed by atoms with Gasteiger partial charge >= 0.3 is 0 Å². The van der Waals surface area contributed by atoms with Crippen LogP contribution in [0.3, 0.4) is 0 Å². The van der Waals surface area contributed by atoms with Gasteiger partial charge in [-0.3, -0.25) is 0 Å². The van der Waals surface area contributed by atoms with Crippen LogP contribution in [0.25, 0.3) is 0 Å². The second-order valence-corrected chi connectivity index (χ2v) is 6.54. The van der Waals surface area contributed by atoms with Crippen LogP contribution >= 0.6 is 0 Å². The lowest BCUT2D eigenvalue weighted by molar-refractivity contribution is 0.323. The monoisotopic (exact) mass is 288 g/mol. The molecule has 1 atom stereocenters. The molecule has 0 amide bonds. The quantitative estimate of drug-likeness (QED) is 0.927. The molecule has 1 saturated heterocycles. The van der Waals surface area contributed by atoms with E-state index in [2.05, 4.69) is 20.2 Å². The van der Waals surface area contributed by atoms with Crippen molar-refractivity contribution in [1.29, 1.82) is 0 Å². The first-order chi connectivity index (χ1) is 10.4. The Morgan fingerprint density at radius 1 is 0.857 bits per heavy atom. The SMILES string of the molecule is c1cnc(N2CCCC(NC3CCCCCCC3)C2)nc1. The second kappa shape index (κ2) is 7.74. The lowest BCUT2D eigenvalue weighted by Gasteiger charge is -2.35. The van der Waals surface area contributed by atoms with Gasteiger partial charge in [0.05, 0.1) is 0 Å². The van der Waals surface area contributed by atoms with E-state index in [1.807, 2.05) is 18.5 Å². The summed E-state index contributed by atoms with van der Waals surface area (Å²) < 4.78 is 0. The molecule has 1 aliphatic heterocycles. The van der Waals surface area contributed by atoms with Gasteiger partial charge in [-0.2, -0.15) is 0 Å². The van der Waals surface area contributed by atoms with Crippen LogP contribution in [0.4, 0.5) is 5.95 Å². The molecule has 1 saturated carbocycles. The Morgan fingerprint density at radius 3 is 2.29 bits per heavy atom. The summed E-state index contributed by atoms with van der Waals surface area (Å²) in [4.78, 5) is 11.1. The molecule has 0 aromatic carbocycles. The molecule has 1 aliphatic carbocycles. The molecule has 1 N–H and O–H groups in total. The highest BCUT2D eigenvalue weighted by atomic mass is 15.3. The molecule has 1 aromatic rings. The minimum Gasteiger partial charge on any atom is -0.339 e. The van der Waals surface area contributed by atoms with Crippen molar-refractivity contribution in [3.05, 3.63) is 18.5 Å². The van der Waals surface area contributed by atoms with Crippen molar-refractivity contribution >= 4 is 5.95 Å². The lowest BCUT2D eigenvalue weighted by atomic mass is 9.95. The molecule has 4 heteroatoms. The molecular weight excluding hydrogens is 260 g/mol. The fourth-order valence-electron chi connectivity index (χ4n) is 3.71. The summed E-state index contributed by atoms with van der Waals surface area (Å²) in [5.74, 6) is 0.890. The highest BCUT2D eigenvalue weighted by Gasteiger charge is 2.23. The van der Waals surface area contributed by atoms with Crippen LogP contribution < -0.4 is 10.2 Å². The van der Waals surface area contributed by atoms with Gasteiger partial charge in [0, 0.05) is 37.6 Å². The first-order valence-electron chi connectivity index (χ1n) is 8.70. The number of aromatic nitrogens is 2. The van der Waals surface area contributed by atoms with E-state index >= 15 is 0 Å². The van der Waals surface area contributed by atoms with Gasteiger partial charge in [-0.25, -0.2) is 9.97 Å². The van der Waals surface area contributed by atoms with E-state index in [-0.39, 0.29) is 0 Å². The van der Waals surface area contributed by atoms with Gasteiger partial charge in [0.15, 0.2) is 0 Å². The first kappa shape index (κ1) is 14.8. The normalized spacial score (nSPS) is 25.3. The van der Waals surface area contributed by atoms with Crippen LogP contribution in [-0.4, -0.2) is 35.1 Å². The Labute approximate surface area is 128 Å². The van der Waals surface area contributed by atoms with Crippen molar-refractivity contribution < 1.29 is 0 Å². The van der Waals surface area contributed by atoms with Crippen molar-refractivity contribution in [3.63, 3.8) is 0 Å². The van der Waals surface area contributed by atoms with E-state index in [1.54, 1.807) is 0 Å². The number of hydrogen-bond acceptors (Lipinski definition) is 4. The zero-order valence-corrected chi connectivity index (χ0v) is 13.0. The van der Waals surface area contributed by atoms with Gasteiger partial charge in [0.1, 0.15) is 0 Å². The average Bonchev–Trinajstić information content (AvgIpc) is 2.51. The maximum Gasteiger partial charge on any atom is 0.225 e. The molecule has 0 spiro atoms. The second-order valence-electron chi connectivity index (χ2n) is 6.54. The molecule has 0 radical (unpaired) electrons. The zero-order chi connectivity index (χ0) is 14.3. The predicted octanol–water partition coefficient (Wildman–Crippen LogP) is 3.15. The van der Waals surface area contributed by atoms with Crippen LogP contribution in [0.5, 0.6) is 0 Å². The summed E-state index contributed by atoms with van der Waals surface area (Å²) in [6.45, 7) is 2.15. The molecule has 0 bridgehead atoms. The van der Waals surface area contributed by atoms with Gasteiger partial charge < -0.3 is 10.2 Å². The number of piperidine rings is 1. The number of hydrogen-bond donors (Lipinski definition) is 1. The molecular formula is C17H28N4. The van der Waals surface area contributed by atoms with E-state index in [0.29, 0.717) is 6.04 Å². The van der Waals surface area contributed by atoms with E-state index in [0.717, 1.165) is 25.1 Å². The smallest absolute Gasteiger partial charge is 0.225 e. The molecule has 4 nitrogen and oxygen atoms in total. The van der Waals surface area contributed by atoms with Gasteiger partial charge in [0.25, 0.3) is 0 Å². The summed E-state index contributed by atoms with van der Waals surface area (Å²) in [5.41, 5.74) is 0. The lowest BCUT2D eigenvalue weighted by Crippen LogP contribution is -2.49. The van der Waals surface area contributed by atoms with Crippen LogP contribution in [-0.2, 0) is 0 Å². The van der Waals surface area contributed by atoms with E-state index in [9.17, 15) is 0 Å². The predicted molar refractivity (Wildman–Crippen MR) is 86.5 cm³/mol. The van der Waals surface area contributed by atoms with Crippen molar-refractivity contribution in [3.8, 4) is 0 Å². The fourth-order valence-corrected chi connectivity index (χ4v) is 3.71. The maximum atomic E-state index is 4.40. The Kier molecular flexibility index (Phi) is 5.44. The summed E-state index contributed by atoms with van der Waals surface area (Å²) in [7, 11) is 0. The highest BCUT2D eigenvalue weighted by molar-refractivity contribution is 5.29. The van der Waals surface area contributed by atoms with Crippen LogP contribution in [0.15, 0.2) is 18.5 Å². The van der Waals surface area contributed by atoms with E-state index < -0.39 is 0 Å². The number of anilines is 1. The summed E-state index contributed by atoms with van der Waals surface area (Å²) in [6.07, 6.45) is 16.0. The maximum absolute atomic E-state index is 4.40. The van der Waals surface area contributed by atoms with Crippen LogP contribution in [0.2, 0.25) is 0 Å². The van der Waals surface area contributed by atoms with Crippen molar-refractivity contribution in [2.45, 2.75) is 69.9 Å². The number of nitrogens with zero attached hydrogens (tertiary/aromatic N) is 3. The summed E-state index contributed by atoms with van der Waals surface area (Å²) >= 11 is 0. The molecule has 1 aromatic heterocycles. The molecule has 3 rings (SSSR count). The van der Waals surface area contributed by atoms with Crippen LogP contribution in [0, 0.1) is 0 Å². The Bertz CT molecular complexity index is 401. The third-order valence-corrected chi connectivity index (χ3v) is 4.83. The minimum absolute atomic E-state index is 0.604. The van der Waals surface area contributed by atoms with Gasteiger partial charge in [-0.15, -0.1) is 0 Å². The van der Waals surface area contributed by atoms with E-state index in [1.165, 1.54) is 57.8 Å². The number of nitrogens with one attached hydrogen (secondary N) is 1. The van der Waals surface area contributed by atoms with Gasteiger partial charge in [-0.1, -0.05) is 32.1 Å². The third-order valence-electron chi connectivity index (χ3n) is 4.83.